The van der Waals surface area contributed by atoms with E-state index in [1.165, 1.54) is 38.5 Å². The van der Waals surface area contributed by atoms with Gasteiger partial charge in [0.25, 0.3) is 0 Å². The molecule has 0 saturated heterocycles. The van der Waals surface area contributed by atoms with Gasteiger partial charge < -0.3 is 5.32 Å². The molecule has 0 spiro atoms. The lowest BCUT2D eigenvalue weighted by atomic mass is 9.94. The molecule has 0 radical (unpaired) electrons. The average Bonchev–Trinajstić information content (AvgIpc) is 2.09. The zero-order valence-electron chi connectivity index (χ0n) is 8.85. The molecule has 0 amide bonds. The lowest BCUT2D eigenvalue weighted by Crippen LogP contribution is -2.39. The third kappa shape index (κ3) is 4.33. The molecule has 78 valence electrons. The Balaban J connectivity index is 2.14. The van der Waals surface area contributed by atoms with E-state index in [9.17, 15) is 0 Å². The van der Waals surface area contributed by atoms with E-state index in [0.717, 1.165) is 6.04 Å². The average molecular weight is 204 g/mol. The smallest absolute Gasteiger partial charge is 0.0337 e. The largest absolute Gasteiger partial charge is 0.312 e. The molecule has 1 saturated carbocycles. The van der Waals surface area contributed by atoms with Gasteiger partial charge in [0.15, 0.2) is 0 Å². The monoisotopic (exact) mass is 203 g/mol. The molecule has 0 bridgehead atoms. The third-order valence-corrected chi connectivity index (χ3v) is 3.34. The van der Waals surface area contributed by atoms with Crippen molar-refractivity contribution in [3.8, 4) is 0 Å². The van der Waals surface area contributed by atoms with Gasteiger partial charge in [0, 0.05) is 17.5 Å². The Morgan fingerprint density at radius 3 is 2.46 bits per heavy atom. The van der Waals surface area contributed by atoms with Crippen LogP contribution in [0.4, 0.5) is 0 Å². The van der Waals surface area contributed by atoms with Crippen molar-refractivity contribution in [3.63, 3.8) is 0 Å². The molecule has 1 N–H and O–H groups in total. The summed E-state index contributed by atoms with van der Waals surface area (Å²) in [6, 6.07) is 1.42. The highest BCUT2D eigenvalue weighted by atomic mass is 35.5. The minimum Gasteiger partial charge on any atom is -0.312 e. The Morgan fingerprint density at radius 2 is 1.92 bits per heavy atom. The molecule has 1 aliphatic rings. The van der Waals surface area contributed by atoms with Crippen molar-refractivity contribution >= 4 is 11.6 Å². The fraction of sp³-hybridized carbons (Fsp3) is 1.00. The zero-order valence-corrected chi connectivity index (χ0v) is 9.61. The summed E-state index contributed by atoms with van der Waals surface area (Å²) in [5.74, 6) is 0. The van der Waals surface area contributed by atoms with Crippen LogP contribution in [0.3, 0.4) is 0 Å². The summed E-state index contributed by atoms with van der Waals surface area (Å²) >= 11 is 6.05. The Kier molecular flexibility index (Phi) is 5.12. The van der Waals surface area contributed by atoms with Crippen LogP contribution in [0.1, 0.15) is 52.4 Å². The van der Waals surface area contributed by atoms with Crippen LogP contribution in [0.15, 0.2) is 0 Å². The molecule has 2 heteroatoms. The molecule has 1 nitrogen and oxygen atoms in total. The maximum absolute atomic E-state index is 6.05. The molecule has 0 aromatic carbocycles. The van der Waals surface area contributed by atoms with E-state index in [0.29, 0.717) is 11.4 Å². The van der Waals surface area contributed by atoms with Crippen LogP contribution >= 0.6 is 11.6 Å². The predicted molar refractivity (Wildman–Crippen MR) is 59.4 cm³/mol. The molecule has 1 atom stereocenters. The van der Waals surface area contributed by atoms with E-state index >= 15 is 0 Å². The fourth-order valence-electron chi connectivity index (χ4n) is 2.14. The van der Waals surface area contributed by atoms with Crippen molar-refractivity contribution in [2.75, 3.05) is 0 Å². The van der Waals surface area contributed by atoms with Gasteiger partial charge in [-0.3, -0.25) is 0 Å². The summed E-state index contributed by atoms with van der Waals surface area (Å²) in [7, 11) is 0. The molecule has 1 aliphatic carbocycles. The maximum Gasteiger partial charge on any atom is 0.0337 e. The summed E-state index contributed by atoms with van der Waals surface area (Å²) in [4.78, 5) is 0. The number of hydrogen-bond donors (Lipinski definition) is 1. The first kappa shape index (κ1) is 11.3. The van der Waals surface area contributed by atoms with E-state index in [-0.39, 0.29) is 0 Å². The van der Waals surface area contributed by atoms with Crippen LogP contribution in [-0.2, 0) is 0 Å². The van der Waals surface area contributed by atoms with E-state index < -0.39 is 0 Å². The fourth-order valence-corrected chi connectivity index (χ4v) is 2.39. The highest BCUT2D eigenvalue weighted by molar-refractivity contribution is 6.20. The molecular weight excluding hydrogens is 182 g/mol. The van der Waals surface area contributed by atoms with Gasteiger partial charge in [-0.25, -0.2) is 0 Å². The quantitative estimate of drug-likeness (QED) is 0.692. The summed E-state index contributed by atoms with van der Waals surface area (Å²) in [6.45, 7) is 4.53. The Hall–Kier alpha value is 0.250. The van der Waals surface area contributed by atoms with Crippen LogP contribution < -0.4 is 5.32 Å². The van der Waals surface area contributed by atoms with Crippen LogP contribution in [0, 0.1) is 0 Å². The van der Waals surface area contributed by atoms with Gasteiger partial charge in [-0.2, -0.15) is 0 Å². The minimum absolute atomic E-state index is 0.444. The first-order valence-corrected chi connectivity index (χ1v) is 6.06. The standard InChI is InChI=1S/C11H22ClN/c1-3-4-9(2)13-11-7-5-10(12)6-8-11/h9-11,13H,3-8H2,1-2H3. The van der Waals surface area contributed by atoms with Gasteiger partial charge in [0.1, 0.15) is 0 Å². The summed E-state index contributed by atoms with van der Waals surface area (Å²) in [6.07, 6.45) is 7.49. The van der Waals surface area contributed by atoms with Crippen molar-refractivity contribution in [1.82, 2.24) is 5.32 Å². The molecule has 1 fully saturated rings. The Bertz CT molecular complexity index is 130. The number of nitrogens with one attached hydrogen (secondary N) is 1. The van der Waals surface area contributed by atoms with E-state index in [2.05, 4.69) is 19.2 Å². The van der Waals surface area contributed by atoms with E-state index in [1.54, 1.807) is 0 Å². The SMILES string of the molecule is CCCC(C)NC1CCC(Cl)CC1. The van der Waals surface area contributed by atoms with E-state index in [1.807, 2.05) is 0 Å². The minimum atomic E-state index is 0.444. The van der Waals surface area contributed by atoms with Crippen molar-refractivity contribution in [3.05, 3.63) is 0 Å². The lowest BCUT2D eigenvalue weighted by Gasteiger charge is -2.28. The van der Waals surface area contributed by atoms with Crippen molar-refractivity contribution in [2.45, 2.75) is 69.8 Å². The topological polar surface area (TPSA) is 12.0 Å². The molecule has 0 aromatic heterocycles. The van der Waals surface area contributed by atoms with E-state index in [4.69, 9.17) is 11.6 Å². The van der Waals surface area contributed by atoms with Crippen LogP contribution in [-0.4, -0.2) is 17.5 Å². The molecule has 1 rings (SSSR count). The lowest BCUT2D eigenvalue weighted by molar-refractivity contribution is 0.338. The van der Waals surface area contributed by atoms with Crippen LogP contribution in [0.25, 0.3) is 0 Å². The molecule has 0 heterocycles. The summed E-state index contributed by atoms with van der Waals surface area (Å²) in [5, 5.41) is 4.13. The van der Waals surface area contributed by atoms with Gasteiger partial charge >= 0.3 is 0 Å². The molecule has 13 heavy (non-hydrogen) atoms. The first-order valence-electron chi connectivity index (χ1n) is 5.62. The number of rotatable bonds is 4. The molecular formula is C11H22ClN. The zero-order chi connectivity index (χ0) is 9.68. The Morgan fingerprint density at radius 1 is 1.31 bits per heavy atom. The maximum atomic E-state index is 6.05. The second kappa shape index (κ2) is 5.87. The van der Waals surface area contributed by atoms with Crippen molar-refractivity contribution in [1.29, 1.82) is 0 Å². The highest BCUT2D eigenvalue weighted by Crippen LogP contribution is 2.23. The summed E-state index contributed by atoms with van der Waals surface area (Å²) in [5.41, 5.74) is 0. The molecule has 0 aliphatic heterocycles. The molecule has 1 unspecified atom stereocenters. The normalized spacial score (nSPS) is 31.6. The second-order valence-electron chi connectivity index (χ2n) is 4.31. The number of alkyl halides is 1. The van der Waals surface area contributed by atoms with Gasteiger partial charge in [-0.1, -0.05) is 13.3 Å². The predicted octanol–water partition coefficient (Wildman–Crippen LogP) is 3.31. The second-order valence-corrected chi connectivity index (χ2v) is 4.92. The first-order chi connectivity index (χ1) is 6.22. The van der Waals surface area contributed by atoms with Gasteiger partial charge in [-0.15, -0.1) is 11.6 Å². The number of hydrogen-bond acceptors (Lipinski definition) is 1. The van der Waals surface area contributed by atoms with Gasteiger partial charge in [0.2, 0.25) is 0 Å². The van der Waals surface area contributed by atoms with Gasteiger partial charge in [0.05, 0.1) is 0 Å². The van der Waals surface area contributed by atoms with Crippen molar-refractivity contribution in [2.24, 2.45) is 0 Å². The molecule has 0 aromatic rings. The highest BCUT2D eigenvalue weighted by Gasteiger charge is 2.19. The Labute approximate surface area is 87.2 Å². The van der Waals surface area contributed by atoms with Gasteiger partial charge in [-0.05, 0) is 39.0 Å². The van der Waals surface area contributed by atoms with Crippen molar-refractivity contribution < 1.29 is 0 Å². The summed E-state index contributed by atoms with van der Waals surface area (Å²) < 4.78 is 0. The number of halogens is 1. The van der Waals surface area contributed by atoms with Crippen LogP contribution in [0.2, 0.25) is 0 Å². The third-order valence-electron chi connectivity index (χ3n) is 2.90. The van der Waals surface area contributed by atoms with Crippen LogP contribution in [0.5, 0.6) is 0 Å².